The van der Waals surface area contributed by atoms with Gasteiger partial charge in [0, 0.05) is 36.7 Å². The number of carbonyl (C=O) groups excluding carboxylic acids is 2. The Labute approximate surface area is 212 Å². The lowest BCUT2D eigenvalue weighted by atomic mass is 9.77. The first-order valence-electron chi connectivity index (χ1n) is 12.2. The first-order valence-corrected chi connectivity index (χ1v) is 12.2. The Morgan fingerprint density at radius 1 is 1.11 bits per heavy atom. The SMILES string of the molecule is CCCn1nc(C)c2c1N(CC)C(=O)[C@@H](CNC(=O)c1cccc(C(F)(F)F)c1)[C@H]2c1ccc(F)cc1. The molecule has 196 valence electrons. The fourth-order valence-corrected chi connectivity index (χ4v) is 4.97. The summed E-state index contributed by atoms with van der Waals surface area (Å²) < 4.78 is 54.9. The lowest BCUT2D eigenvalue weighted by Gasteiger charge is -2.38. The minimum absolute atomic E-state index is 0.121. The second-order valence-electron chi connectivity index (χ2n) is 9.05. The number of halogens is 4. The zero-order chi connectivity index (χ0) is 26.9. The van der Waals surface area contributed by atoms with Gasteiger partial charge in [0.05, 0.1) is 17.2 Å². The molecule has 1 aliphatic heterocycles. The summed E-state index contributed by atoms with van der Waals surface area (Å²) in [4.78, 5) is 28.3. The van der Waals surface area contributed by atoms with Crippen molar-refractivity contribution < 1.29 is 27.2 Å². The van der Waals surface area contributed by atoms with Crippen molar-refractivity contribution in [3.8, 4) is 0 Å². The molecule has 0 saturated carbocycles. The molecule has 6 nitrogen and oxygen atoms in total. The van der Waals surface area contributed by atoms with E-state index in [9.17, 15) is 27.2 Å². The van der Waals surface area contributed by atoms with Gasteiger partial charge in [0.25, 0.3) is 5.91 Å². The number of nitrogens with zero attached hydrogens (tertiary/aromatic N) is 3. The van der Waals surface area contributed by atoms with E-state index >= 15 is 0 Å². The smallest absolute Gasteiger partial charge is 0.351 e. The number of anilines is 1. The van der Waals surface area contributed by atoms with Gasteiger partial charge in [-0.1, -0.05) is 25.1 Å². The van der Waals surface area contributed by atoms with Gasteiger partial charge in [-0.05, 0) is 56.2 Å². The van der Waals surface area contributed by atoms with E-state index in [1.54, 1.807) is 21.7 Å². The van der Waals surface area contributed by atoms with Gasteiger partial charge < -0.3 is 5.32 Å². The van der Waals surface area contributed by atoms with E-state index in [0.29, 0.717) is 24.5 Å². The summed E-state index contributed by atoms with van der Waals surface area (Å²) in [7, 11) is 0. The molecule has 0 bridgehead atoms. The molecule has 0 saturated heterocycles. The fourth-order valence-electron chi connectivity index (χ4n) is 4.97. The molecular formula is C27H28F4N4O2. The number of amides is 2. The molecule has 0 radical (unpaired) electrons. The van der Waals surface area contributed by atoms with Crippen molar-refractivity contribution in [1.82, 2.24) is 15.1 Å². The molecule has 2 amide bonds. The third kappa shape index (κ3) is 5.10. The highest BCUT2D eigenvalue weighted by atomic mass is 19.4. The minimum atomic E-state index is -4.59. The summed E-state index contributed by atoms with van der Waals surface area (Å²) in [5.41, 5.74) is 1.14. The monoisotopic (exact) mass is 516 g/mol. The highest BCUT2D eigenvalue weighted by molar-refractivity contribution is 6.00. The molecule has 2 aromatic carbocycles. The maximum atomic E-state index is 13.8. The van der Waals surface area contributed by atoms with Crippen molar-refractivity contribution in [3.05, 3.63) is 82.3 Å². The Bertz CT molecular complexity index is 1300. The second kappa shape index (κ2) is 10.4. The molecule has 3 aromatic rings. The lowest BCUT2D eigenvalue weighted by Crippen LogP contribution is -2.48. The topological polar surface area (TPSA) is 67.2 Å². The number of aromatic nitrogens is 2. The quantitative estimate of drug-likeness (QED) is 0.433. The zero-order valence-corrected chi connectivity index (χ0v) is 20.8. The third-order valence-electron chi connectivity index (χ3n) is 6.61. The third-order valence-corrected chi connectivity index (χ3v) is 6.61. The van der Waals surface area contributed by atoms with Crippen LogP contribution >= 0.6 is 0 Å². The van der Waals surface area contributed by atoms with E-state index in [0.717, 1.165) is 29.8 Å². The average molecular weight is 517 g/mol. The molecule has 1 N–H and O–H groups in total. The van der Waals surface area contributed by atoms with Crippen LogP contribution in [-0.2, 0) is 17.5 Å². The van der Waals surface area contributed by atoms with Crippen LogP contribution in [-0.4, -0.2) is 34.7 Å². The van der Waals surface area contributed by atoms with Gasteiger partial charge in [-0.3, -0.25) is 14.5 Å². The molecule has 0 fully saturated rings. The number of hydrogen-bond acceptors (Lipinski definition) is 3. The van der Waals surface area contributed by atoms with Crippen molar-refractivity contribution in [3.63, 3.8) is 0 Å². The molecular weight excluding hydrogens is 488 g/mol. The van der Waals surface area contributed by atoms with Crippen LogP contribution in [0.25, 0.3) is 0 Å². The number of carbonyl (C=O) groups is 2. The first kappa shape index (κ1) is 26.4. The van der Waals surface area contributed by atoms with Gasteiger partial charge in [-0.2, -0.15) is 18.3 Å². The van der Waals surface area contributed by atoms with Crippen molar-refractivity contribution in [2.75, 3.05) is 18.0 Å². The highest BCUT2D eigenvalue weighted by Gasteiger charge is 2.44. The summed E-state index contributed by atoms with van der Waals surface area (Å²) >= 11 is 0. The van der Waals surface area contributed by atoms with Crippen LogP contribution in [0.4, 0.5) is 23.4 Å². The van der Waals surface area contributed by atoms with E-state index in [4.69, 9.17) is 0 Å². The summed E-state index contributed by atoms with van der Waals surface area (Å²) in [6, 6.07) is 9.98. The van der Waals surface area contributed by atoms with Crippen LogP contribution in [0.3, 0.4) is 0 Å². The molecule has 4 rings (SSSR count). The van der Waals surface area contributed by atoms with Gasteiger partial charge in [0.15, 0.2) is 0 Å². The lowest BCUT2D eigenvalue weighted by molar-refractivity contribution is -0.137. The van der Waals surface area contributed by atoms with E-state index in [2.05, 4.69) is 10.4 Å². The zero-order valence-electron chi connectivity index (χ0n) is 20.8. The standard InChI is InChI=1S/C27H28F4N4O2/c1-4-13-35-25-22(16(3)33-35)23(17-9-11-20(28)12-10-17)21(26(37)34(25)5-2)15-32-24(36)18-7-6-8-19(14-18)27(29,30)31/h6-12,14,21,23H,4-5,13,15H2,1-3H3,(H,32,36)/t21-,23+/m0/s1. The Balaban J connectivity index is 1.73. The first-order chi connectivity index (χ1) is 17.6. The average Bonchev–Trinajstić information content (AvgIpc) is 3.18. The van der Waals surface area contributed by atoms with Crippen molar-refractivity contribution in [2.24, 2.45) is 5.92 Å². The molecule has 0 unspecified atom stereocenters. The summed E-state index contributed by atoms with van der Waals surface area (Å²) in [5, 5.41) is 7.33. The number of benzene rings is 2. The van der Waals surface area contributed by atoms with E-state index < -0.39 is 35.3 Å². The highest BCUT2D eigenvalue weighted by Crippen LogP contribution is 2.45. The van der Waals surface area contributed by atoms with Crippen LogP contribution in [0, 0.1) is 18.7 Å². The van der Waals surface area contributed by atoms with Gasteiger partial charge in [0.2, 0.25) is 5.91 Å². The molecule has 37 heavy (non-hydrogen) atoms. The molecule has 2 heterocycles. The number of hydrogen-bond donors (Lipinski definition) is 1. The minimum Gasteiger partial charge on any atom is -0.351 e. The van der Waals surface area contributed by atoms with E-state index in [-0.39, 0.29) is 18.0 Å². The molecule has 0 aliphatic carbocycles. The normalized spacial score (nSPS) is 17.6. The van der Waals surface area contributed by atoms with Gasteiger partial charge in [-0.15, -0.1) is 0 Å². The van der Waals surface area contributed by atoms with Crippen LogP contribution in [0.5, 0.6) is 0 Å². The van der Waals surface area contributed by atoms with Crippen molar-refractivity contribution >= 4 is 17.6 Å². The molecule has 2 atom stereocenters. The van der Waals surface area contributed by atoms with E-state index in [1.807, 2.05) is 20.8 Å². The second-order valence-corrected chi connectivity index (χ2v) is 9.05. The summed E-state index contributed by atoms with van der Waals surface area (Å²) in [5.74, 6) is -2.01. The number of rotatable bonds is 7. The van der Waals surface area contributed by atoms with Crippen molar-refractivity contribution in [2.45, 2.75) is 45.8 Å². The Kier molecular flexibility index (Phi) is 7.38. The molecule has 1 aromatic heterocycles. The summed E-state index contributed by atoms with van der Waals surface area (Å²) in [6.45, 7) is 6.56. The van der Waals surface area contributed by atoms with Crippen LogP contribution < -0.4 is 10.2 Å². The Morgan fingerprint density at radius 2 is 1.81 bits per heavy atom. The number of fused-ring (bicyclic) bond motifs is 1. The van der Waals surface area contributed by atoms with Gasteiger partial charge in [0.1, 0.15) is 11.6 Å². The summed E-state index contributed by atoms with van der Waals surface area (Å²) in [6.07, 6.45) is -3.78. The van der Waals surface area contributed by atoms with Crippen LogP contribution in [0.15, 0.2) is 48.5 Å². The molecule has 10 heteroatoms. The van der Waals surface area contributed by atoms with Gasteiger partial charge >= 0.3 is 6.18 Å². The number of alkyl halides is 3. The Hall–Kier alpha value is -3.69. The fraction of sp³-hybridized carbons (Fsp3) is 0.370. The maximum absolute atomic E-state index is 13.8. The van der Waals surface area contributed by atoms with Gasteiger partial charge in [-0.25, -0.2) is 9.07 Å². The largest absolute Gasteiger partial charge is 0.416 e. The van der Waals surface area contributed by atoms with E-state index in [1.165, 1.54) is 24.3 Å². The number of aryl methyl sites for hydroxylation is 2. The molecule has 1 aliphatic rings. The predicted molar refractivity (Wildman–Crippen MR) is 131 cm³/mol. The predicted octanol–water partition coefficient (Wildman–Crippen LogP) is 5.30. The number of nitrogens with one attached hydrogen (secondary N) is 1. The van der Waals surface area contributed by atoms with Crippen LogP contribution in [0.2, 0.25) is 0 Å². The Morgan fingerprint density at radius 3 is 2.43 bits per heavy atom. The van der Waals surface area contributed by atoms with Crippen LogP contribution in [0.1, 0.15) is 58.9 Å². The van der Waals surface area contributed by atoms with Crippen molar-refractivity contribution in [1.29, 1.82) is 0 Å². The maximum Gasteiger partial charge on any atom is 0.416 e. The molecule has 0 spiro atoms.